The Morgan fingerprint density at radius 2 is 1.90 bits per heavy atom. The van der Waals surface area contributed by atoms with Gasteiger partial charge in [0.2, 0.25) is 0 Å². The summed E-state index contributed by atoms with van der Waals surface area (Å²) in [5, 5.41) is 14.6. The van der Waals surface area contributed by atoms with Gasteiger partial charge in [0.25, 0.3) is 5.91 Å². The Morgan fingerprint density at radius 3 is 2.43 bits per heavy atom. The van der Waals surface area contributed by atoms with Crippen molar-refractivity contribution in [3.8, 4) is 11.5 Å². The highest BCUT2D eigenvalue weighted by molar-refractivity contribution is 7.10. The molecule has 0 aliphatic carbocycles. The Morgan fingerprint density at radius 1 is 1.24 bits per heavy atom. The summed E-state index contributed by atoms with van der Waals surface area (Å²) in [6.07, 6.45) is -0.727. The SMILES string of the molecule is COc1cccc(OC)c1C(=O)NCC(O)c1cccs1. The van der Waals surface area contributed by atoms with Gasteiger partial charge in [0, 0.05) is 11.4 Å². The van der Waals surface area contributed by atoms with Crippen molar-refractivity contribution in [2.24, 2.45) is 0 Å². The molecule has 0 aliphatic heterocycles. The van der Waals surface area contributed by atoms with Crippen molar-refractivity contribution in [2.75, 3.05) is 20.8 Å². The fourth-order valence-corrected chi connectivity index (χ4v) is 2.65. The third-order valence-electron chi connectivity index (χ3n) is 2.98. The topological polar surface area (TPSA) is 67.8 Å². The largest absolute Gasteiger partial charge is 0.496 e. The number of nitrogens with one attached hydrogen (secondary N) is 1. The summed E-state index contributed by atoms with van der Waals surface area (Å²) in [4.78, 5) is 13.1. The van der Waals surface area contributed by atoms with E-state index >= 15 is 0 Å². The molecule has 0 radical (unpaired) electrons. The molecular formula is C15H17NO4S. The number of amides is 1. The molecule has 0 saturated carbocycles. The van der Waals surface area contributed by atoms with Crippen LogP contribution in [0.1, 0.15) is 21.3 Å². The second-order valence-corrected chi connectivity index (χ2v) is 5.26. The number of carbonyl (C=O) groups excluding carboxylic acids is 1. The number of aliphatic hydroxyl groups is 1. The predicted octanol–water partition coefficient (Wildman–Crippen LogP) is 2.23. The molecule has 1 amide bonds. The molecule has 21 heavy (non-hydrogen) atoms. The molecule has 6 heteroatoms. The lowest BCUT2D eigenvalue weighted by Crippen LogP contribution is -2.28. The van der Waals surface area contributed by atoms with Gasteiger partial charge in [0.05, 0.1) is 14.2 Å². The van der Waals surface area contributed by atoms with Crippen molar-refractivity contribution >= 4 is 17.2 Å². The number of hydrogen-bond donors (Lipinski definition) is 2. The summed E-state index contributed by atoms with van der Waals surface area (Å²) in [6, 6.07) is 8.80. The Hall–Kier alpha value is -2.05. The molecule has 0 spiro atoms. The normalized spacial score (nSPS) is 11.8. The molecule has 2 N–H and O–H groups in total. The smallest absolute Gasteiger partial charge is 0.258 e. The van der Waals surface area contributed by atoms with E-state index in [2.05, 4.69) is 5.32 Å². The lowest BCUT2D eigenvalue weighted by molar-refractivity contribution is 0.0912. The zero-order valence-corrected chi connectivity index (χ0v) is 12.6. The van der Waals surface area contributed by atoms with Crippen LogP contribution in [0.5, 0.6) is 11.5 Å². The molecule has 5 nitrogen and oxygen atoms in total. The van der Waals surface area contributed by atoms with Crippen molar-refractivity contribution in [1.29, 1.82) is 0 Å². The zero-order chi connectivity index (χ0) is 15.2. The van der Waals surface area contributed by atoms with Gasteiger partial charge in [-0.15, -0.1) is 11.3 Å². The van der Waals surface area contributed by atoms with Gasteiger partial charge in [-0.3, -0.25) is 4.79 Å². The molecule has 1 atom stereocenters. The molecule has 112 valence electrons. The molecule has 1 aromatic heterocycles. The molecule has 1 unspecified atom stereocenters. The van der Waals surface area contributed by atoms with Crippen LogP contribution in [-0.2, 0) is 0 Å². The van der Waals surface area contributed by atoms with Gasteiger partial charge in [-0.2, -0.15) is 0 Å². The van der Waals surface area contributed by atoms with E-state index in [1.807, 2.05) is 17.5 Å². The first-order chi connectivity index (χ1) is 10.2. The van der Waals surface area contributed by atoms with Gasteiger partial charge < -0.3 is 19.9 Å². The number of hydrogen-bond acceptors (Lipinski definition) is 5. The van der Waals surface area contributed by atoms with Crippen molar-refractivity contribution in [3.63, 3.8) is 0 Å². The van der Waals surface area contributed by atoms with Crippen LogP contribution in [0.2, 0.25) is 0 Å². The van der Waals surface area contributed by atoms with Gasteiger partial charge in [0.15, 0.2) is 0 Å². The van der Waals surface area contributed by atoms with Crippen molar-refractivity contribution in [3.05, 3.63) is 46.2 Å². The molecule has 0 saturated heterocycles. The Labute approximate surface area is 127 Å². The number of ether oxygens (including phenoxy) is 2. The van der Waals surface area contributed by atoms with Crippen LogP contribution in [-0.4, -0.2) is 31.8 Å². The monoisotopic (exact) mass is 307 g/mol. The average Bonchev–Trinajstić information content (AvgIpc) is 3.05. The summed E-state index contributed by atoms with van der Waals surface area (Å²) in [6.45, 7) is 0.126. The van der Waals surface area contributed by atoms with Gasteiger partial charge in [0.1, 0.15) is 23.2 Å². The molecule has 1 heterocycles. The van der Waals surface area contributed by atoms with Crippen LogP contribution in [0.3, 0.4) is 0 Å². The minimum atomic E-state index is -0.727. The lowest BCUT2D eigenvalue weighted by Gasteiger charge is -2.14. The second kappa shape index (κ2) is 7.10. The molecule has 2 rings (SSSR count). The summed E-state index contributed by atoms with van der Waals surface area (Å²) in [5.74, 6) is 0.509. The number of carbonyl (C=O) groups is 1. The van der Waals surface area contributed by atoms with Gasteiger partial charge in [-0.05, 0) is 23.6 Å². The van der Waals surface area contributed by atoms with E-state index in [1.165, 1.54) is 25.6 Å². The zero-order valence-electron chi connectivity index (χ0n) is 11.8. The van der Waals surface area contributed by atoms with E-state index in [9.17, 15) is 9.90 Å². The quantitative estimate of drug-likeness (QED) is 0.859. The van der Waals surface area contributed by atoms with Gasteiger partial charge in [-0.1, -0.05) is 12.1 Å². The highest BCUT2D eigenvalue weighted by Crippen LogP contribution is 2.28. The molecular weight excluding hydrogens is 290 g/mol. The van der Waals surface area contributed by atoms with E-state index in [0.29, 0.717) is 17.1 Å². The summed E-state index contributed by atoms with van der Waals surface area (Å²) < 4.78 is 10.4. The molecule has 0 fully saturated rings. The minimum absolute atomic E-state index is 0.126. The highest BCUT2D eigenvalue weighted by atomic mass is 32.1. The maximum Gasteiger partial charge on any atom is 0.258 e. The summed E-state index contributed by atoms with van der Waals surface area (Å²) >= 11 is 1.44. The third kappa shape index (κ3) is 3.53. The summed E-state index contributed by atoms with van der Waals surface area (Å²) in [5.41, 5.74) is 0.320. The average molecular weight is 307 g/mol. The summed E-state index contributed by atoms with van der Waals surface area (Å²) in [7, 11) is 2.98. The van der Waals surface area contributed by atoms with E-state index in [-0.39, 0.29) is 12.5 Å². The van der Waals surface area contributed by atoms with Crippen LogP contribution in [0, 0.1) is 0 Å². The van der Waals surface area contributed by atoms with Gasteiger partial charge in [-0.25, -0.2) is 0 Å². The Bertz CT molecular complexity index is 575. The van der Waals surface area contributed by atoms with Gasteiger partial charge >= 0.3 is 0 Å². The first-order valence-corrected chi connectivity index (χ1v) is 7.26. The number of rotatable bonds is 6. The Kier molecular flexibility index (Phi) is 5.19. The number of thiophene rings is 1. The number of aliphatic hydroxyl groups excluding tert-OH is 1. The van der Waals surface area contributed by atoms with Crippen molar-refractivity contribution < 1.29 is 19.4 Å². The molecule has 2 aromatic rings. The van der Waals surface area contributed by atoms with Crippen LogP contribution >= 0.6 is 11.3 Å². The van der Waals surface area contributed by atoms with Crippen molar-refractivity contribution in [1.82, 2.24) is 5.32 Å². The van der Waals surface area contributed by atoms with E-state index in [1.54, 1.807) is 18.2 Å². The maximum atomic E-state index is 12.3. The van der Waals surface area contributed by atoms with Crippen LogP contribution < -0.4 is 14.8 Å². The fraction of sp³-hybridized carbons (Fsp3) is 0.267. The maximum absolute atomic E-state index is 12.3. The van der Waals surface area contributed by atoms with Crippen LogP contribution in [0.15, 0.2) is 35.7 Å². The van der Waals surface area contributed by atoms with Crippen LogP contribution in [0.4, 0.5) is 0 Å². The fourth-order valence-electron chi connectivity index (χ4n) is 1.93. The molecule has 1 aromatic carbocycles. The van der Waals surface area contributed by atoms with Crippen molar-refractivity contribution in [2.45, 2.75) is 6.10 Å². The van der Waals surface area contributed by atoms with Crippen LogP contribution in [0.25, 0.3) is 0 Å². The molecule has 0 aliphatic rings. The first kappa shape index (κ1) is 15.3. The van der Waals surface area contributed by atoms with E-state index in [4.69, 9.17) is 9.47 Å². The highest BCUT2D eigenvalue weighted by Gasteiger charge is 2.19. The number of methoxy groups -OCH3 is 2. The first-order valence-electron chi connectivity index (χ1n) is 6.38. The standard InChI is InChI=1S/C15H17NO4S/c1-19-11-5-3-6-12(20-2)14(11)15(18)16-9-10(17)13-7-4-8-21-13/h3-8,10,17H,9H2,1-2H3,(H,16,18). The molecule has 0 bridgehead atoms. The lowest BCUT2D eigenvalue weighted by atomic mass is 10.1. The van der Waals surface area contributed by atoms with E-state index in [0.717, 1.165) is 4.88 Å². The Balaban J connectivity index is 2.10. The number of benzene rings is 1. The third-order valence-corrected chi connectivity index (χ3v) is 3.96. The predicted molar refractivity (Wildman–Crippen MR) is 81.2 cm³/mol. The van der Waals surface area contributed by atoms with E-state index < -0.39 is 6.10 Å². The minimum Gasteiger partial charge on any atom is -0.496 e. The second-order valence-electron chi connectivity index (χ2n) is 4.28.